The highest BCUT2D eigenvalue weighted by molar-refractivity contribution is 5.78. The topological polar surface area (TPSA) is 16.8 Å². The Labute approximate surface area is 130 Å². The van der Waals surface area contributed by atoms with Crippen LogP contribution < -0.4 is 28.5 Å². The van der Waals surface area contributed by atoms with Crippen LogP contribution in [0.4, 0.5) is 0 Å². The lowest BCUT2D eigenvalue weighted by atomic mass is 10.2. The maximum absolute atomic E-state index is 4.68. The zero-order valence-corrected chi connectivity index (χ0v) is 12.9. The zero-order valence-electron chi connectivity index (χ0n) is 10.8. The SMILES string of the molecule is Cc1ccc[n+](Cc2ccc3ccccc3n2)c1.[I-]. The van der Waals surface area contributed by atoms with Gasteiger partial charge in [0, 0.05) is 17.0 Å². The Kier molecular flexibility index (Phi) is 4.47. The lowest BCUT2D eigenvalue weighted by Gasteiger charge is -2.01. The third-order valence-electron chi connectivity index (χ3n) is 3.01. The Hall–Kier alpha value is -1.49. The molecule has 0 bridgehead atoms. The maximum Gasteiger partial charge on any atom is 0.190 e. The highest BCUT2D eigenvalue weighted by atomic mass is 127. The van der Waals surface area contributed by atoms with Gasteiger partial charge in [0.2, 0.25) is 0 Å². The molecule has 0 radical (unpaired) electrons. The van der Waals surface area contributed by atoms with Gasteiger partial charge in [-0.05, 0) is 25.1 Å². The number of pyridine rings is 2. The minimum atomic E-state index is 0. The normalized spacial score (nSPS) is 10.2. The van der Waals surface area contributed by atoms with Crippen molar-refractivity contribution in [3.63, 3.8) is 0 Å². The Morgan fingerprint density at radius 1 is 1.00 bits per heavy atom. The molecule has 0 aliphatic rings. The van der Waals surface area contributed by atoms with Gasteiger partial charge >= 0.3 is 0 Å². The number of hydrogen-bond donors (Lipinski definition) is 0. The van der Waals surface area contributed by atoms with Gasteiger partial charge in [0.25, 0.3) is 0 Å². The molecule has 19 heavy (non-hydrogen) atoms. The second kappa shape index (κ2) is 6.10. The molecule has 1 aromatic carbocycles. The van der Waals surface area contributed by atoms with Gasteiger partial charge in [-0.15, -0.1) is 0 Å². The smallest absolute Gasteiger partial charge is 0.190 e. The van der Waals surface area contributed by atoms with Gasteiger partial charge < -0.3 is 24.0 Å². The van der Waals surface area contributed by atoms with Crippen molar-refractivity contribution in [2.45, 2.75) is 13.5 Å². The van der Waals surface area contributed by atoms with Crippen molar-refractivity contribution >= 4 is 10.9 Å². The van der Waals surface area contributed by atoms with E-state index in [1.807, 2.05) is 12.1 Å². The molecule has 3 aromatic rings. The number of para-hydroxylation sites is 1. The predicted octanol–water partition coefficient (Wildman–Crippen LogP) is -0.117. The van der Waals surface area contributed by atoms with E-state index in [0.29, 0.717) is 0 Å². The van der Waals surface area contributed by atoms with E-state index >= 15 is 0 Å². The average Bonchev–Trinajstić information content (AvgIpc) is 2.39. The van der Waals surface area contributed by atoms with Gasteiger partial charge in [0.15, 0.2) is 18.9 Å². The number of rotatable bonds is 2. The molecule has 2 nitrogen and oxygen atoms in total. The van der Waals surface area contributed by atoms with E-state index in [-0.39, 0.29) is 24.0 Å². The summed E-state index contributed by atoms with van der Waals surface area (Å²) in [5.41, 5.74) is 3.41. The Balaban J connectivity index is 0.00000133. The minimum absolute atomic E-state index is 0. The third kappa shape index (κ3) is 3.29. The van der Waals surface area contributed by atoms with E-state index in [9.17, 15) is 0 Å². The summed E-state index contributed by atoms with van der Waals surface area (Å²) in [6.07, 6.45) is 4.21. The summed E-state index contributed by atoms with van der Waals surface area (Å²) >= 11 is 0. The van der Waals surface area contributed by atoms with E-state index in [4.69, 9.17) is 0 Å². The first-order valence-electron chi connectivity index (χ1n) is 6.12. The maximum atomic E-state index is 4.68. The number of nitrogens with zero attached hydrogens (tertiary/aromatic N) is 2. The second-order valence-corrected chi connectivity index (χ2v) is 4.55. The molecule has 0 aliphatic carbocycles. The quantitative estimate of drug-likeness (QED) is 0.459. The molecule has 0 saturated heterocycles. The lowest BCUT2D eigenvalue weighted by molar-refractivity contribution is -0.689. The lowest BCUT2D eigenvalue weighted by Crippen LogP contribution is -3.00. The van der Waals surface area contributed by atoms with Crippen molar-refractivity contribution in [3.8, 4) is 0 Å². The Morgan fingerprint density at radius 2 is 1.84 bits per heavy atom. The number of aryl methyl sites for hydroxylation is 1. The molecular formula is C16H15IN2. The van der Waals surface area contributed by atoms with Crippen LogP contribution in [0.5, 0.6) is 0 Å². The molecule has 0 fully saturated rings. The van der Waals surface area contributed by atoms with Gasteiger partial charge in [0.05, 0.1) is 5.52 Å². The molecule has 0 amide bonds. The van der Waals surface area contributed by atoms with Crippen LogP contribution >= 0.6 is 0 Å². The van der Waals surface area contributed by atoms with Gasteiger partial charge in [-0.2, -0.15) is 4.57 Å². The number of aromatic nitrogens is 2. The molecule has 0 unspecified atom stereocenters. The largest absolute Gasteiger partial charge is 1.00 e. The fourth-order valence-electron chi connectivity index (χ4n) is 2.13. The first-order chi connectivity index (χ1) is 8.81. The summed E-state index contributed by atoms with van der Waals surface area (Å²) in [7, 11) is 0. The van der Waals surface area contributed by atoms with Crippen LogP contribution in [-0.2, 0) is 6.54 Å². The first-order valence-corrected chi connectivity index (χ1v) is 6.12. The fraction of sp³-hybridized carbons (Fsp3) is 0.125. The Bertz CT molecular complexity index is 695. The second-order valence-electron chi connectivity index (χ2n) is 4.55. The third-order valence-corrected chi connectivity index (χ3v) is 3.01. The minimum Gasteiger partial charge on any atom is -1.00 e. The van der Waals surface area contributed by atoms with Crippen LogP contribution in [0.3, 0.4) is 0 Å². The van der Waals surface area contributed by atoms with Gasteiger partial charge in [0.1, 0.15) is 5.69 Å². The summed E-state index contributed by atoms with van der Waals surface area (Å²) in [5, 5.41) is 1.19. The highest BCUT2D eigenvalue weighted by Gasteiger charge is 2.04. The summed E-state index contributed by atoms with van der Waals surface area (Å²) in [6.45, 7) is 2.91. The molecule has 2 aromatic heterocycles. The molecule has 0 N–H and O–H groups in total. The monoisotopic (exact) mass is 362 g/mol. The molecule has 0 aliphatic heterocycles. The average molecular weight is 362 g/mol. The van der Waals surface area contributed by atoms with Gasteiger partial charge in [-0.3, -0.25) is 0 Å². The van der Waals surface area contributed by atoms with Gasteiger partial charge in [-0.25, -0.2) is 4.98 Å². The number of fused-ring (bicyclic) bond motifs is 1. The van der Waals surface area contributed by atoms with Crippen molar-refractivity contribution in [1.29, 1.82) is 0 Å². The molecule has 0 atom stereocenters. The van der Waals surface area contributed by atoms with Crippen LogP contribution in [0, 0.1) is 6.92 Å². The van der Waals surface area contributed by atoms with E-state index in [2.05, 4.69) is 65.3 Å². The molecular weight excluding hydrogens is 347 g/mol. The van der Waals surface area contributed by atoms with Crippen molar-refractivity contribution in [3.05, 3.63) is 72.2 Å². The van der Waals surface area contributed by atoms with Crippen LogP contribution in [0.1, 0.15) is 11.3 Å². The van der Waals surface area contributed by atoms with E-state index in [0.717, 1.165) is 17.8 Å². The molecule has 0 spiro atoms. The number of halogens is 1. The molecule has 3 heteroatoms. The van der Waals surface area contributed by atoms with Gasteiger partial charge in [-0.1, -0.05) is 24.3 Å². The van der Waals surface area contributed by atoms with Crippen LogP contribution in [0.15, 0.2) is 60.9 Å². The molecule has 96 valence electrons. The summed E-state index contributed by atoms with van der Waals surface area (Å²) < 4.78 is 2.16. The summed E-state index contributed by atoms with van der Waals surface area (Å²) in [6, 6.07) is 16.6. The van der Waals surface area contributed by atoms with E-state index in [1.54, 1.807) is 0 Å². The standard InChI is InChI=1S/C16H15N2.HI/c1-13-5-4-10-18(11-13)12-15-9-8-14-6-2-3-7-16(14)17-15;/h2-11H,12H2,1H3;1H/q+1;/p-1. The molecule has 2 heterocycles. The van der Waals surface area contributed by atoms with Crippen LogP contribution in [0.2, 0.25) is 0 Å². The predicted molar refractivity (Wildman–Crippen MR) is 72.2 cm³/mol. The summed E-state index contributed by atoms with van der Waals surface area (Å²) in [5.74, 6) is 0. The Morgan fingerprint density at radius 3 is 2.68 bits per heavy atom. The zero-order chi connectivity index (χ0) is 12.4. The van der Waals surface area contributed by atoms with Crippen molar-refractivity contribution < 1.29 is 28.5 Å². The fourth-order valence-corrected chi connectivity index (χ4v) is 2.13. The molecule has 3 rings (SSSR count). The van der Waals surface area contributed by atoms with Crippen molar-refractivity contribution in [1.82, 2.24) is 4.98 Å². The molecule has 0 saturated carbocycles. The van der Waals surface area contributed by atoms with E-state index in [1.165, 1.54) is 10.9 Å². The van der Waals surface area contributed by atoms with Crippen molar-refractivity contribution in [2.24, 2.45) is 0 Å². The summed E-state index contributed by atoms with van der Waals surface area (Å²) in [4.78, 5) is 4.68. The van der Waals surface area contributed by atoms with E-state index < -0.39 is 0 Å². The number of benzene rings is 1. The first kappa shape index (κ1) is 13.9. The number of hydrogen-bond acceptors (Lipinski definition) is 1. The van der Waals surface area contributed by atoms with Crippen LogP contribution in [0.25, 0.3) is 10.9 Å². The van der Waals surface area contributed by atoms with Crippen LogP contribution in [-0.4, -0.2) is 4.98 Å². The highest BCUT2D eigenvalue weighted by Crippen LogP contribution is 2.11. The van der Waals surface area contributed by atoms with Crippen molar-refractivity contribution in [2.75, 3.05) is 0 Å².